The van der Waals surface area contributed by atoms with Crippen LogP contribution >= 0.6 is 12.4 Å². The van der Waals surface area contributed by atoms with Crippen LogP contribution in [0.25, 0.3) is 5.69 Å². The second-order valence-electron chi connectivity index (χ2n) is 6.84. The topological polar surface area (TPSA) is 102 Å². The Kier molecular flexibility index (Phi) is 7.38. The smallest absolute Gasteiger partial charge is 0.269 e. The maximum absolute atomic E-state index is 12.5. The van der Waals surface area contributed by atoms with Crippen LogP contribution in [0.1, 0.15) is 36.7 Å². The number of halogens is 1. The molecule has 0 aliphatic carbocycles. The molecule has 1 aliphatic rings. The Morgan fingerprint density at radius 3 is 2.67 bits per heavy atom. The maximum atomic E-state index is 12.5. The SMILES string of the molecule is CC(CC(=O)Nc1ccccc1-n1ccc(C(N)=O)n1)C1CCNCC1.Cl. The molecule has 0 spiro atoms. The lowest BCUT2D eigenvalue weighted by Crippen LogP contribution is -2.32. The highest BCUT2D eigenvalue weighted by Crippen LogP contribution is 2.26. The molecular formula is C19H26ClN5O2. The first-order valence-corrected chi connectivity index (χ1v) is 9.00. The molecule has 1 unspecified atom stereocenters. The molecule has 146 valence electrons. The van der Waals surface area contributed by atoms with Crippen molar-refractivity contribution >= 4 is 29.9 Å². The van der Waals surface area contributed by atoms with Crippen molar-refractivity contribution in [3.8, 4) is 5.69 Å². The third kappa shape index (κ3) is 5.30. The number of carbonyl (C=O) groups excluding carboxylic acids is 2. The third-order valence-electron chi connectivity index (χ3n) is 4.96. The highest BCUT2D eigenvalue weighted by atomic mass is 35.5. The van der Waals surface area contributed by atoms with Gasteiger partial charge >= 0.3 is 0 Å². The number of anilines is 1. The van der Waals surface area contributed by atoms with E-state index in [-0.39, 0.29) is 24.0 Å². The van der Waals surface area contributed by atoms with Gasteiger partial charge < -0.3 is 16.4 Å². The van der Waals surface area contributed by atoms with Gasteiger partial charge in [-0.25, -0.2) is 4.68 Å². The number of hydrogen-bond donors (Lipinski definition) is 3. The number of aromatic nitrogens is 2. The Balaban J connectivity index is 0.00000261. The van der Waals surface area contributed by atoms with Crippen molar-refractivity contribution in [2.45, 2.75) is 26.2 Å². The Morgan fingerprint density at radius 1 is 1.30 bits per heavy atom. The molecule has 3 rings (SSSR count). The molecule has 0 saturated carbocycles. The van der Waals surface area contributed by atoms with Crippen LogP contribution in [0.4, 0.5) is 5.69 Å². The summed E-state index contributed by atoms with van der Waals surface area (Å²) in [6.07, 6.45) is 4.38. The van der Waals surface area contributed by atoms with Gasteiger partial charge in [0.1, 0.15) is 5.69 Å². The average molecular weight is 392 g/mol. The monoisotopic (exact) mass is 391 g/mol. The van der Waals surface area contributed by atoms with Crippen LogP contribution in [0, 0.1) is 11.8 Å². The normalized spacial score (nSPS) is 15.6. The van der Waals surface area contributed by atoms with E-state index in [1.54, 1.807) is 16.9 Å². The lowest BCUT2D eigenvalue weighted by Gasteiger charge is -2.28. The molecule has 2 heterocycles. The standard InChI is InChI=1S/C19H25N5O2.ClH/c1-13(14-6-9-21-10-7-14)12-18(25)22-15-4-2-3-5-17(15)24-11-8-16(23-24)19(20)26;/h2-5,8,11,13-14,21H,6-7,9-10,12H2,1H3,(H2,20,26)(H,22,25);1H. The number of hydrogen-bond acceptors (Lipinski definition) is 4. The molecule has 1 aliphatic heterocycles. The zero-order valence-corrected chi connectivity index (χ0v) is 16.2. The minimum atomic E-state index is -0.582. The first-order chi connectivity index (χ1) is 12.5. The molecule has 1 saturated heterocycles. The van der Waals surface area contributed by atoms with E-state index in [4.69, 9.17) is 5.73 Å². The number of nitrogens with zero attached hydrogens (tertiary/aromatic N) is 2. The zero-order chi connectivity index (χ0) is 18.5. The van der Waals surface area contributed by atoms with Gasteiger partial charge in [0, 0.05) is 12.6 Å². The van der Waals surface area contributed by atoms with Crippen LogP contribution in [0.15, 0.2) is 36.5 Å². The molecule has 2 amide bonds. The molecule has 1 aromatic heterocycles. The molecule has 8 heteroatoms. The number of primary amides is 1. The van der Waals surface area contributed by atoms with E-state index in [0.717, 1.165) is 25.9 Å². The largest absolute Gasteiger partial charge is 0.364 e. The van der Waals surface area contributed by atoms with E-state index in [1.165, 1.54) is 0 Å². The zero-order valence-electron chi connectivity index (χ0n) is 15.4. The van der Waals surface area contributed by atoms with E-state index < -0.39 is 5.91 Å². The van der Waals surface area contributed by atoms with Crippen molar-refractivity contribution in [3.63, 3.8) is 0 Å². The van der Waals surface area contributed by atoms with Crippen LogP contribution in [0.5, 0.6) is 0 Å². The quantitative estimate of drug-likeness (QED) is 0.703. The summed E-state index contributed by atoms with van der Waals surface area (Å²) in [6, 6.07) is 8.93. The van der Waals surface area contributed by atoms with Crippen LogP contribution < -0.4 is 16.4 Å². The number of benzene rings is 1. The summed E-state index contributed by atoms with van der Waals surface area (Å²) in [7, 11) is 0. The first kappa shape index (κ1) is 20.9. The van der Waals surface area contributed by atoms with E-state index in [9.17, 15) is 9.59 Å². The number of amides is 2. The number of para-hydroxylation sites is 2. The molecule has 0 radical (unpaired) electrons. The van der Waals surface area contributed by atoms with Crippen molar-refractivity contribution in [1.82, 2.24) is 15.1 Å². The summed E-state index contributed by atoms with van der Waals surface area (Å²) in [6.45, 7) is 4.20. The Bertz CT molecular complexity index is 786. The average Bonchev–Trinajstić information content (AvgIpc) is 3.13. The fourth-order valence-electron chi connectivity index (χ4n) is 3.44. The predicted octanol–water partition coefficient (Wildman–Crippen LogP) is 2.36. The van der Waals surface area contributed by atoms with Crippen LogP contribution in [-0.4, -0.2) is 34.7 Å². The molecule has 7 nitrogen and oxygen atoms in total. The number of rotatable bonds is 6. The Labute approximate surface area is 165 Å². The molecule has 4 N–H and O–H groups in total. The fourth-order valence-corrected chi connectivity index (χ4v) is 3.44. The van der Waals surface area contributed by atoms with Gasteiger partial charge in [-0.2, -0.15) is 5.10 Å². The van der Waals surface area contributed by atoms with Gasteiger partial charge in [0.2, 0.25) is 5.91 Å². The second kappa shape index (κ2) is 9.53. The second-order valence-corrected chi connectivity index (χ2v) is 6.84. The number of piperidine rings is 1. The van der Waals surface area contributed by atoms with Crippen molar-refractivity contribution in [2.75, 3.05) is 18.4 Å². The molecule has 0 bridgehead atoms. The lowest BCUT2D eigenvalue weighted by molar-refractivity contribution is -0.117. The lowest BCUT2D eigenvalue weighted by atomic mass is 9.84. The van der Waals surface area contributed by atoms with Gasteiger partial charge in [0.05, 0.1) is 11.4 Å². The van der Waals surface area contributed by atoms with Crippen LogP contribution in [0.2, 0.25) is 0 Å². The van der Waals surface area contributed by atoms with E-state index in [2.05, 4.69) is 22.7 Å². The van der Waals surface area contributed by atoms with Crippen molar-refractivity contribution in [2.24, 2.45) is 17.6 Å². The summed E-state index contributed by atoms with van der Waals surface area (Å²) >= 11 is 0. The van der Waals surface area contributed by atoms with Gasteiger partial charge in [-0.1, -0.05) is 19.1 Å². The summed E-state index contributed by atoms with van der Waals surface area (Å²) in [4.78, 5) is 23.8. The minimum Gasteiger partial charge on any atom is -0.364 e. The number of carbonyl (C=O) groups is 2. The molecule has 27 heavy (non-hydrogen) atoms. The van der Waals surface area contributed by atoms with Gasteiger partial charge in [-0.05, 0) is 56.0 Å². The highest BCUT2D eigenvalue weighted by molar-refractivity contribution is 5.93. The Hall–Kier alpha value is -2.38. The predicted molar refractivity (Wildman–Crippen MR) is 107 cm³/mol. The summed E-state index contributed by atoms with van der Waals surface area (Å²) in [5.74, 6) is 0.337. The summed E-state index contributed by atoms with van der Waals surface area (Å²) in [5.41, 5.74) is 6.80. The van der Waals surface area contributed by atoms with Crippen molar-refractivity contribution in [1.29, 1.82) is 0 Å². The highest BCUT2D eigenvalue weighted by Gasteiger charge is 2.22. The van der Waals surface area contributed by atoms with E-state index in [0.29, 0.717) is 29.6 Å². The van der Waals surface area contributed by atoms with Gasteiger partial charge in [0.15, 0.2) is 0 Å². The molecule has 1 aromatic carbocycles. The number of nitrogens with two attached hydrogens (primary N) is 1. The Morgan fingerprint density at radius 2 is 2.00 bits per heavy atom. The minimum absolute atomic E-state index is 0. The fraction of sp³-hybridized carbons (Fsp3) is 0.421. The van der Waals surface area contributed by atoms with Crippen molar-refractivity contribution in [3.05, 3.63) is 42.2 Å². The van der Waals surface area contributed by atoms with E-state index >= 15 is 0 Å². The molecule has 2 aromatic rings. The summed E-state index contributed by atoms with van der Waals surface area (Å²) < 4.78 is 1.55. The van der Waals surface area contributed by atoms with E-state index in [1.807, 2.05) is 24.3 Å². The molecule has 1 atom stereocenters. The number of nitrogens with one attached hydrogen (secondary N) is 2. The molecular weight excluding hydrogens is 366 g/mol. The molecule has 1 fully saturated rings. The van der Waals surface area contributed by atoms with Crippen LogP contribution in [-0.2, 0) is 4.79 Å². The van der Waals surface area contributed by atoms with Gasteiger partial charge in [-0.3, -0.25) is 9.59 Å². The third-order valence-corrected chi connectivity index (χ3v) is 4.96. The van der Waals surface area contributed by atoms with Crippen LogP contribution in [0.3, 0.4) is 0 Å². The van der Waals surface area contributed by atoms with Gasteiger partial charge in [-0.15, -0.1) is 12.4 Å². The van der Waals surface area contributed by atoms with Crippen molar-refractivity contribution < 1.29 is 9.59 Å². The van der Waals surface area contributed by atoms with Gasteiger partial charge in [0.25, 0.3) is 5.91 Å². The maximum Gasteiger partial charge on any atom is 0.269 e. The summed E-state index contributed by atoms with van der Waals surface area (Å²) in [5, 5.41) is 10.5. The first-order valence-electron chi connectivity index (χ1n) is 9.00.